The fraction of sp³-hybridized carbons (Fsp3) is 0.125. The Morgan fingerprint density at radius 1 is 1.10 bits per heavy atom. The SMILES string of the molecule is CN(C)c1cc[n+](/C=C/C(=O)c2ccc(Cl)cc2)cc1. The van der Waals surface area contributed by atoms with Gasteiger partial charge in [-0.05, 0) is 24.3 Å². The molecule has 0 bridgehead atoms. The van der Waals surface area contributed by atoms with Crippen LogP contribution >= 0.6 is 11.6 Å². The van der Waals surface area contributed by atoms with E-state index < -0.39 is 0 Å². The smallest absolute Gasteiger partial charge is 0.191 e. The van der Waals surface area contributed by atoms with Crippen molar-refractivity contribution in [2.75, 3.05) is 19.0 Å². The number of aromatic nitrogens is 1. The molecule has 4 heteroatoms. The lowest BCUT2D eigenvalue weighted by Gasteiger charge is -2.09. The van der Waals surface area contributed by atoms with Gasteiger partial charge in [0.15, 0.2) is 24.4 Å². The Morgan fingerprint density at radius 3 is 2.25 bits per heavy atom. The quantitative estimate of drug-likeness (QED) is 0.490. The van der Waals surface area contributed by atoms with Gasteiger partial charge in [0.25, 0.3) is 0 Å². The van der Waals surface area contributed by atoms with Gasteiger partial charge in [-0.15, -0.1) is 0 Å². The molecule has 1 heterocycles. The van der Waals surface area contributed by atoms with Crippen LogP contribution in [0.15, 0.2) is 54.9 Å². The molecule has 0 atom stereocenters. The molecule has 0 N–H and O–H groups in total. The number of allylic oxidation sites excluding steroid dienone is 1. The molecule has 3 nitrogen and oxygen atoms in total. The first kappa shape index (κ1) is 14.3. The monoisotopic (exact) mass is 287 g/mol. The lowest BCUT2D eigenvalue weighted by molar-refractivity contribution is -0.568. The molecule has 0 fully saturated rings. The Bertz CT molecular complexity index is 616. The van der Waals surface area contributed by atoms with Crippen LogP contribution in [0.1, 0.15) is 10.4 Å². The Kier molecular flexibility index (Phi) is 4.53. The van der Waals surface area contributed by atoms with E-state index in [-0.39, 0.29) is 5.78 Å². The average molecular weight is 288 g/mol. The van der Waals surface area contributed by atoms with E-state index in [9.17, 15) is 4.79 Å². The van der Waals surface area contributed by atoms with Gasteiger partial charge in [-0.1, -0.05) is 11.6 Å². The molecule has 2 aromatic rings. The second kappa shape index (κ2) is 6.35. The molecule has 0 unspecified atom stereocenters. The molecule has 0 aliphatic rings. The number of hydrogen-bond donors (Lipinski definition) is 0. The fourth-order valence-electron chi connectivity index (χ4n) is 1.69. The highest BCUT2D eigenvalue weighted by atomic mass is 35.5. The topological polar surface area (TPSA) is 24.2 Å². The minimum Gasteiger partial charge on any atom is -0.377 e. The fourth-order valence-corrected chi connectivity index (χ4v) is 1.82. The maximum absolute atomic E-state index is 12.0. The largest absolute Gasteiger partial charge is 0.377 e. The lowest BCUT2D eigenvalue weighted by Crippen LogP contribution is -2.25. The number of carbonyl (C=O) groups is 1. The second-order valence-electron chi connectivity index (χ2n) is 4.58. The van der Waals surface area contributed by atoms with Gasteiger partial charge in [-0.2, -0.15) is 4.57 Å². The number of benzene rings is 1. The van der Waals surface area contributed by atoms with Crippen molar-refractivity contribution < 1.29 is 9.36 Å². The van der Waals surface area contributed by atoms with Gasteiger partial charge in [0, 0.05) is 42.5 Å². The van der Waals surface area contributed by atoms with Crippen molar-refractivity contribution in [3.63, 3.8) is 0 Å². The zero-order valence-corrected chi connectivity index (χ0v) is 12.2. The number of rotatable bonds is 4. The van der Waals surface area contributed by atoms with Crippen LogP contribution < -0.4 is 9.47 Å². The van der Waals surface area contributed by atoms with Crippen LogP contribution in [0.5, 0.6) is 0 Å². The first-order valence-electron chi connectivity index (χ1n) is 6.22. The van der Waals surface area contributed by atoms with Crippen molar-refractivity contribution in [2.45, 2.75) is 0 Å². The Labute approximate surface area is 123 Å². The van der Waals surface area contributed by atoms with E-state index >= 15 is 0 Å². The number of halogens is 1. The van der Waals surface area contributed by atoms with Crippen molar-refractivity contribution in [1.29, 1.82) is 0 Å². The lowest BCUT2D eigenvalue weighted by atomic mass is 10.1. The van der Waals surface area contributed by atoms with E-state index in [1.54, 1.807) is 36.5 Å². The van der Waals surface area contributed by atoms with Crippen LogP contribution in [0.2, 0.25) is 5.02 Å². The summed E-state index contributed by atoms with van der Waals surface area (Å²) < 4.78 is 1.83. The van der Waals surface area contributed by atoms with Gasteiger partial charge < -0.3 is 4.90 Å². The van der Waals surface area contributed by atoms with Gasteiger partial charge in [-0.3, -0.25) is 4.79 Å². The highest BCUT2D eigenvalue weighted by Gasteiger charge is 2.04. The van der Waals surface area contributed by atoms with Gasteiger partial charge >= 0.3 is 0 Å². The molecule has 0 amide bonds. The summed E-state index contributed by atoms with van der Waals surface area (Å²) >= 11 is 5.79. The number of ketones is 1. The molecule has 0 saturated heterocycles. The van der Waals surface area contributed by atoms with Crippen molar-refractivity contribution in [1.82, 2.24) is 0 Å². The molecule has 0 spiro atoms. The third-order valence-electron chi connectivity index (χ3n) is 2.88. The predicted octanol–water partition coefficient (Wildman–Crippen LogP) is 3.05. The third-order valence-corrected chi connectivity index (χ3v) is 3.13. The molecule has 102 valence electrons. The standard InChI is InChI=1S/C16H16ClN2O/c1-18(2)15-7-10-19(11-8-15)12-9-16(20)13-3-5-14(17)6-4-13/h3-12H,1-2H3/q+1/b12-9+. The van der Waals surface area contributed by atoms with E-state index in [0.29, 0.717) is 10.6 Å². The summed E-state index contributed by atoms with van der Waals surface area (Å²) in [7, 11) is 3.97. The van der Waals surface area contributed by atoms with E-state index in [4.69, 9.17) is 11.6 Å². The van der Waals surface area contributed by atoms with Crippen LogP contribution in [-0.2, 0) is 0 Å². The molecule has 0 radical (unpaired) electrons. The van der Waals surface area contributed by atoms with Crippen LogP contribution in [0.25, 0.3) is 6.20 Å². The van der Waals surface area contributed by atoms with Crippen LogP contribution in [0, 0.1) is 0 Å². The summed E-state index contributed by atoms with van der Waals surface area (Å²) in [5, 5.41) is 0.624. The summed E-state index contributed by atoms with van der Waals surface area (Å²) in [5.74, 6) is -0.0501. The molecule has 1 aromatic heterocycles. The number of anilines is 1. The van der Waals surface area contributed by atoms with Crippen molar-refractivity contribution in [3.05, 3.63) is 65.5 Å². The van der Waals surface area contributed by atoms with Crippen LogP contribution in [0.3, 0.4) is 0 Å². The van der Waals surface area contributed by atoms with Gasteiger partial charge in [0.1, 0.15) is 0 Å². The molecule has 0 saturated carbocycles. The van der Waals surface area contributed by atoms with Gasteiger partial charge in [0.05, 0.1) is 6.08 Å². The Morgan fingerprint density at radius 2 is 1.70 bits per heavy atom. The molecular formula is C16H16ClN2O+. The van der Waals surface area contributed by atoms with Crippen molar-refractivity contribution >= 4 is 29.3 Å². The summed E-state index contributed by atoms with van der Waals surface area (Å²) in [6.45, 7) is 0. The summed E-state index contributed by atoms with van der Waals surface area (Å²) in [6, 6.07) is 10.8. The molecule has 1 aromatic carbocycles. The molecule has 0 aliphatic carbocycles. The summed E-state index contributed by atoms with van der Waals surface area (Å²) in [5.41, 5.74) is 1.73. The van der Waals surface area contributed by atoms with E-state index in [1.807, 2.05) is 48.1 Å². The highest BCUT2D eigenvalue weighted by molar-refractivity contribution is 6.30. The van der Waals surface area contributed by atoms with E-state index in [2.05, 4.69) is 0 Å². The number of pyridine rings is 1. The maximum atomic E-state index is 12.0. The average Bonchev–Trinajstić information content (AvgIpc) is 2.46. The normalized spacial score (nSPS) is 10.8. The van der Waals surface area contributed by atoms with Gasteiger partial charge in [0.2, 0.25) is 0 Å². The molecule has 20 heavy (non-hydrogen) atoms. The first-order chi connectivity index (χ1) is 9.56. The Balaban J connectivity index is 2.08. The number of carbonyl (C=O) groups excluding carboxylic acids is 1. The zero-order valence-electron chi connectivity index (χ0n) is 11.5. The van der Waals surface area contributed by atoms with Crippen LogP contribution in [0.4, 0.5) is 5.69 Å². The minimum absolute atomic E-state index is 0.0501. The van der Waals surface area contributed by atoms with E-state index in [1.165, 1.54) is 0 Å². The molecule has 0 aliphatic heterocycles. The number of hydrogen-bond acceptors (Lipinski definition) is 2. The Hall–Kier alpha value is -2.13. The molecular weight excluding hydrogens is 272 g/mol. The van der Waals surface area contributed by atoms with Crippen LogP contribution in [-0.4, -0.2) is 19.9 Å². The first-order valence-corrected chi connectivity index (χ1v) is 6.60. The third kappa shape index (κ3) is 3.68. The minimum atomic E-state index is -0.0501. The molecule has 2 rings (SSSR count). The summed E-state index contributed by atoms with van der Waals surface area (Å²) in [4.78, 5) is 14.0. The van der Waals surface area contributed by atoms with E-state index in [0.717, 1.165) is 5.69 Å². The maximum Gasteiger partial charge on any atom is 0.191 e. The van der Waals surface area contributed by atoms with Gasteiger partial charge in [-0.25, -0.2) is 0 Å². The van der Waals surface area contributed by atoms with Crippen molar-refractivity contribution in [2.24, 2.45) is 0 Å². The summed E-state index contributed by atoms with van der Waals surface area (Å²) in [6.07, 6.45) is 7.08. The highest BCUT2D eigenvalue weighted by Crippen LogP contribution is 2.10. The predicted molar refractivity (Wildman–Crippen MR) is 82.1 cm³/mol. The zero-order chi connectivity index (χ0) is 14.5. The number of nitrogens with zero attached hydrogens (tertiary/aromatic N) is 2. The van der Waals surface area contributed by atoms with Crippen molar-refractivity contribution in [3.8, 4) is 0 Å². The second-order valence-corrected chi connectivity index (χ2v) is 5.02.